The molecule has 0 amide bonds. The molecule has 1 heterocycles. The van der Waals surface area contributed by atoms with E-state index in [9.17, 15) is 13.2 Å². The summed E-state index contributed by atoms with van der Waals surface area (Å²) in [7, 11) is -0.569. The highest BCUT2D eigenvalue weighted by Crippen LogP contribution is 2.36. The number of unbranched alkanes of at least 4 members (excludes halogenated alkanes) is 9. The molecule has 1 atom stereocenters. The second kappa shape index (κ2) is 17.8. The van der Waals surface area contributed by atoms with E-state index in [1.54, 1.807) is 0 Å². The molecule has 0 saturated carbocycles. The summed E-state index contributed by atoms with van der Waals surface area (Å²) >= 11 is 0. The molecule has 0 aliphatic carbocycles. The minimum atomic E-state index is -1.22. The van der Waals surface area contributed by atoms with Gasteiger partial charge in [-0.1, -0.05) is 127 Å². The lowest BCUT2D eigenvalue weighted by Gasteiger charge is -2.28. The second-order valence-corrected chi connectivity index (χ2v) is 15.2. The number of halogens is 3. The monoisotopic (exact) mass is 560 g/mol. The van der Waals surface area contributed by atoms with Crippen LogP contribution >= 0.6 is 0 Å². The molecule has 0 unspecified atom stereocenters. The lowest BCUT2D eigenvalue weighted by atomic mass is 9.92. The van der Waals surface area contributed by atoms with Crippen molar-refractivity contribution in [2.45, 2.75) is 134 Å². The Labute approximate surface area is 237 Å². The highest BCUT2D eigenvalue weighted by Gasteiger charge is 2.23. The molecule has 0 N–H and O–H groups in total. The van der Waals surface area contributed by atoms with Crippen molar-refractivity contribution < 1.29 is 17.9 Å². The minimum absolute atomic E-state index is 0.321. The zero-order valence-electron chi connectivity index (χ0n) is 24.5. The van der Waals surface area contributed by atoms with E-state index in [0.717, 1.165) is 31.2 Å². The Bertz CT molecular complexity index is 917. The molecule has 0 spiro atoms. The highest BCUT2D eigenvalue weighted by atomic mass is 28.3. The van der Waals surface area contributed by atoms with Crippen LogP contribution in [-0.2, 0) is 0 Å². The summed E-state index contributed by atoms with van der Waals surface area (Å²) in [6.07, 6.45) is 15.4. The Morgan fingerprint density at radius 2 is 1.33 bits per heavy atom. The topological polar surface area (TPSA) is 9.23 Å². The standard InChI is InChI=1S/C34H51F3OSi/c1-3-5-7-9-10-11-13-21-39-22-19-29(20-23-39)27-15-17-28(18-16-27)30-24-32(36)34(33(37)25-30)38-26-31(35)14-12-8-6-4-2/h15-18,24-25,29,31,39H,3-14,19-23,26H2,1-2H3/t29?,31-,39?/m0/s1. The lowest BCUT2D eigenvalue weighted by molar-refractivity contribution is 0.173. The fourth-order valence-electron chi connectivity index (χ4n) is 6.04. The largest absolute Gasteiger partial charge is 0.485 e. The van der Waals surface area contributed by atoms with Gasteiger partial charge in [0, 0.05) is 8.80 Å². The molecule has 1 aliphatic heterocycles. The van der Waals surface area contributed by atoms with E-state index in [-0.39, 0.29) is 6.61 Å². The van der Waals surface area contributed by atoms with Gasteiger partial charge in [-0.25, -0.2) is 13.2 Å². The number of rotatable bonds is 18. The van der Waals surface area contributed by atoms with Gasteiger partial charge in [0.2, 0.25) is 0 Å². The number of alkyl halides is 1. The van der Waals surface area contributed by atoms with Gasteiger partial charge in [0.15, 0.2) is 17.4 Å². The van der Waals surface area contributed by atoms with Crippen molar-refractivity contribution in [2.24, 2.45) is 0 Å². The van der Waals surface area contributed by atoms with Crippen LogP contribution in [0.3, 0.4) is 0 Å². The third kappa shape index (κ3) is 11.0. The normalized spacial score (nSPS) is 18.3. The average molecular weight is 561 g/mol. The molecule has 3 rings (SSSR count). The maximum Gasteiger partial charge on any atom is 0.190 e. The van der Waals surface area contributed by atoms with Gasteiger partial charge in [0.05, 0.1) is 0 Å². The van der Waals surface area contributed by atoms with E-state index in [0.29, 0.717) is 17.9 Å². The Balaban J connectivity index is 1.44. The SMILES string of the molecule is CCCCCCCCC[SiH]1CCC(c2ccc(-c3cc(F)c(OC[C@@H](F)CCCCCC)c(F)c3)cc2)CC1. The van der Waals surface area contributed by atoms with Gasteiger partial charge in [0.1, 0.15) is 12.8 Å². The van der Waals surface area contributed by atoms with Crippen LogP contribution in [0.1, 0.15) is 115 Å². The lowest BCUT2D eigenvalue weighted by Crippen LogP contribution is -2.20. The summed E-state index contributed by atoms with van der Waals surface area (Å²) < 4.78 is 48.7. The van der Waals surface area contributed by atoms with E-state index in [2.05, 4.69) is 26.0 Å². The summed E-state index contributed by atoms with van der Waals surface area (Å²) in [4.78, 5) is 0. The van der Waals surface area contributed by atoms with Gasteiger partial charge < -0.3 is 4.74 Å². The molecule has 218 valence electrons. The first kappa shape index (κ1) is 31.8. The Morgan fingerprint density at radius 3 is 1.95 bits per heavy atom. The number of hydrogen-bond acceptors (Lipinski definition) is 1. The van der Waals surface area contributed by atoms with Crippen LogP contribution in [0.2, 0.25) is 18.1 Å². The number of hydrogen-bond donors (Lipinski definition) is 0. The summed E-state index contributed by atoms with van der Waals surface area (Å²) in [5.41, 5.74) is 2.60. The molecular weight excluding hydrogens is 509 g/mol. The van der Waals surface area contributed by atoms with E-state index in [1.807, 2.05) is 12.1 Å². The highest BCUT2D eigenvalue weighted by molar-refractivity contribution is 6.59. The summed E-state index contributed by atoms with van der Waals surface area (Å²) in [5, 5.41) is 0. The van der Waals surface area contributed by atoms with Gasteiger partial charge in [0.25, 0.3) is 0 Å². The van der Waals surface area contributed by atoms with Crippen LogP contribution in [0.4, 0.5) is 13.2 Å². The molecular formula is C34H51F3OSi. The molecule has 1 aliphatic rings. The van der Waals surface area contributed by atoms with Crippen molar-refractivity contribution in [1.29, 1.82) is 0 Å². The molecule has 0 bridgehead atoms. The second-order valence-electron chi connectivity index (χ2n) is 11.8. The summed E-state index contributed by atoms with van der Waals surface area (Å²) in [6, 6.07) is 15.2. The molecule has 2 aromatic rings. The molecule has 39 heavy (non-hydrogen) atoms. The van der Waals surface area contributed by atoms with Crippen molar-refractivity contribution in [2.75, 3.05) is 6.61 Å². The third-order valence-electron chi connectivity index (χ3n) is 8.56. The Morgan fingerprint density at radius 1 is 0.769 bits per heavy atom. The van der Waals surface area contributed by atoms with Crippen LogP contribution in [-0.4, -0.2) is 21.6 Å². The van der Waals surface area contributed by atoms with Gasteiger partial charge in [-0.15, -0.1) is 0 Å². The fraction of sp³-hybridized carbons (Fsp3) is 0.647. The molecule has 2 aromatic carbocycles. The molecule has 0 aromatic heterocycles. The van der Waals surface area contributed by atoms with Crippen LogP contribution in [0.15, 0.2) is 36.4 Å². The Kier molecular flexibility index (Phi) is 14.5. The quantitative estimate of drug-likeness (QED) is 0.130. The van der Waals surface area contributed by atoms with Gasteiger partial charge in [-0.2, -0.15) is 0 Å². The molecule has 0 radical (unpaired) electrons. The zero-order valence-corrected chi connectivity index (χ0v) is 25.6. The van der Waals surface area contributed by atoms with Crippen molar-refractivity contribution in [3.8, 4) is 16.9 Å². The van der Waals surface area contributed by atoms with E-state index in [1.165, 1.54) is 93.6 Å². The zero-order chi connectivity index (χ0) is 27.9. The molecule has 1 saturated heterocycles. The van der Waals surface area contributed by atoms with Gasteiger partial charge >= 0.3 is 0 Å². The molecule has 1 fully saturated rings. The first-order valence-electron chi connectivity index (χ1n) is 15.9. The van der Waals surface area contributed by atoms with Crippen LogP contribution in [0.25, 0.3) is 11.1 Å². The van der Waals surface area contributed by atoms with Gasteiger partial charge in [-0.05, 0) is 54.0 Å². The van der Waals surface area contributed by atoms with Crippen molar-refractivity contribution in [1.82, 2.24) is 0 Å². The predicted molar refractivity (Wildman–Crippen MR) is 162 cm³/mol. The van der Waals surface area contributed by atoms with Crippen molar-refractivity contribution >= 4 is 8.80 Å². The summed E-state index contributed by atoms with van der Waals surface area (Å²) in [5.74, 6) is -1.44. The van der Waals surface area contributed by atoms with Crippen LogP contribution in [0, 0.1) is 11.6 Å². The van der Waals surface area contributed by atoms with E-state index in [4.69, 9.17) is 4.74 Å². The molecule has 5 heteroatoms. The maximum absolute atomic E-state index is 14.7. The van der Waals surface area contributed by atoms with Crippen LogP contribution < -0.4 is 4.74 Å². The smallest absolute Gasteiger partial charge is 0.190 e. The van der Waals surface area contributed by atoms with Gasteiger partial charge in [-0.3, -0.25) is 0 Å². The third-order valence-corrected chi connectivity index (χ3v) is 12.1. The van der Waals surface area contributed by atoms with E-state index >= 15 is 0 Å². The predicted octanol–water partition coefficient (Wildman–Crippen LogP) is 11.2. The number of ether oxygens (including phenoxy) is 1. The average Bonchev–Trinajstić information content (AvgIpc) is 2.95. The summed E-state index contributed by atoms with van der Waals surface area (Å²) in [6.45, 7) is 4.05. The number of benzene rings is 2. The van der Waals surface area contributed by atoms with Crippen LogP contribution in [0.5, 0.6) is 5.75 Å². The Hall–Kier alpha value is -1.75. The van der Waals surface area contributed by atoms with Crippen molar-refractivity contribution in [3.05, 3.63) is 53.6 Å². The van der Waals surface area contributed by atoms with E-state index < -0.39 is 32.4 Å². The first-order valence-corrected chi connectivity index (χ1v) is 18.3. The first-order chi connectivity index (χ1) is 19.0. The van der Waals surface area contributed by atoms with Crippen molar-refractivity contribution in [3.63, 3.8) is 0 Å². The molecule has 1 nitrogen and oxygen atoms in total. The minimum Gasteiger partial charge on any atom is -0.485 e. The maximum atomic E-state index is 14.7. The fourth-order valence-corrected chi connectivity index (χ4v) is 9.52.